The second kappa shape index (κ2) is 6.55. The molecule has 0 saturated carbocycles. The molecule has 0 spiro atoms. The quantitative estimate of drug-likeness (QED) is 0.764. The topological polar surface area (TPSA) is 73.1 Å². The highest BCUT2D eigenvalue weighted by molar-refractivity contribution is 5.80. The predicted octanol–water partition coefficient (Wildman–Crippen LogP) is 0.653. The molecule has 0 atom stereocenters. The molecule has 0 aliphatic heterocycles. The van der Waals surface area contributed by atoms with Gasteiger partial charge in [0, 0.05) is 26.3 Å². The Morgan fingerprint density at radius 3 is 2.67 bits per heavy atom. The van der Waals surface area contributed by atoms with Crippen LogP contribution in [0.4, 0.5) is 5.95 Å². The van der Waals surface area contributed by atoms with Crippen molar-refractivity contribution in [1.82, 2.24) is 14.9 Å². The average molecular weight is 247 g/mol. The van der Waals surface area contributed by atoms with Gasteiger partial charge >= 0.3 is 0 Å². The number of nitriles is 1. The van der Waals surface area contributed by atoms with E-state index >= 15 is 0 Å². The summed E-state index contributed by atoms with van der Waals surface area (Å²) in [6.45, 7) is 5.45. The molecule has 1 aromatic heterocycles. The van der Waals surface area contributed by atoms with Gasteiger partial charge in [0.25, 0.3) is 0 Å². The average Bonchev–Trinajstić information content (AvgIpc) is 2.40. The van der Waals surface area contributed by atoms with Crippen LogP contribution in [-0.4, -0.2) is 47.5 Å². The van der Waals surface area contributed by atoms with Crippen LogP contribution in [0.5, 0.6) is 0 Å². The fraction of sp³-hybridized carbons (Fsp3) is 0.500. The molecule has 1 heterocycles. The molecule has 6 heteroatoms. The summed E-state index contributed by atoms with van der Waals surface area (Å²) in [6.07, 6.45) is 1.51. The zero-order valence-electron chi connectivity index (χ0n) is 10.9. The molecule has 0 unspecified atom stereocenters. The van der Waals surface area contributed by atoms with Crippen LogP contribution in [0, 0.1) is 11.3 Å². The summed E-state index contributed by atoms with van der Waals surface area (Å²) in [5.41, 5.74) is 0.294. The fourth-order valence-corrected chi connectivity index (χ4v) is 1.54. The van der Waals surface area contributed by atoms with E-state index in [9.17, 15) is 4.79 Å². The molecule has 0 aliphatic rings. The number of nitrogens with zero attached hydrogens (tertiary/aromatic N) is 5. The maximum absolute atomic E-state index is 11.9. The van der Waals surface area contributed by atoms with Crippen molar-refractivity contribution in [2.24, 2.45) is 0 Å². The normalized spacial score (nSPS) is 9.67. The van der Waals surface area contributed by atoms with Crippen molar-refractivity contribution in [3.05, 3.63) is 18.0 Å². The zero-order chi connectivity index (χ0) is 13.5. The Hall–Kier alpha value is -2.16. The zero-order valence-corrected chi connectivity index (χ0v) is 10.9. The fourth-order valence-electron chi connectivity index (χ4n) is 1.54. The monoisotopic (exact) mass is 247 g/mol. The number of anilines is 1. The number of carbonyl (C=O) groups excluding carboxylic acids is 1. The van der Waals surface area contributed by atoms with Crippen LogP contribution >= 0.6 is 0 Å². The molecule has 1 rings (SSSR count). The molecule has 1 aromatic rings. The molecule has 0 radical (unpaired) electrons. The third-order valence-corrected chi connectivity index (χ3v) is 2.59. The standard InChI is InChI=1S/C12H17N5O/c1-4-17(5-2)11(18)9-16(3)12-14-7-6-10(8-13)15-12/h6-7H,4-5,9H2,1-3H3. The summed E-state index contributed by atoms with van der Waals surface area (Å²) >= 11 is 0. The van der Waals surface area contributed by atoms with Gasteiger partial charge in [-0.2, -0.15) is 5.26 Å². The number of rotatable bonds is 5. The number of likely N-dealkylation sites (N-methyl/N-ethyl adjacent to an activating group) is 2. The van der Waals surface area contributed by atoms with Crippen molar-refractivity contribution in [2.45, 2.75) is 13.8 Å². The van der Waals surface area contributed by atoms with Crippen LogP contribution in [-0.2, 0) is 4.79 Å². The molecule has 1 amide bonds. The Labute approximate surface area is 107 Å². The maximum Gasteiger partial charge on any atom is 0.242 e. The highest BCUT2D eigenvalue weighted by atomic mass is 16.2. The van der Waals surface area contributed by atoms with Crippen molar-refractivity contribution >= 4 is 11.9 Å². The minimum Gasteiger partial charge on any atom is -0.342 e. The summed E-state index contributed by atoms with van der Waals surface area (Å²) in [5.74, 6) is 0.406. The van der Waals surface area contributed by atoms with Gasteiger partial charge in [0.05, 0.1) is 6.54 Å². The van der Waals surface area contributed by atoms with Crippen LogP contribution in [0.3, 0.4) is 0 Å². The number of hydrogen-bond acceptors (Lipinski definition) is 5. The van der Waals surface area contributed by atoms with E-state index in [4.69, 9.17) is 5.26 Å². The van der Waals surface area contributed by atoms with E-state index in [-0.39, 0.29) is 12.5 Å². The van der Waals surface area contributed by atoms with Crippen LogP contribution < -0.4 is 4.90 Å². The van der Waals surface area contributed by atoms with Crippen molar-refractivity contribution < 1.29 is 4.79 Å². The Morgan fingerprint density at radius 1 is 1.44 bits per heavy atom. The highest BCUT2D eigenvalue weighted by Gasteiger charge is 2.14. The minimum absolute atomic E-state index is 0.0217. The number of hydrogen-bond donors (Lipinski definition) is 0. The van der Waals surface area contributed by atoms with E-state index in [1.165, 1.54) is 12.3 Å². The van der Waals surface area contributed by atoms with E-state index in [1.807, 2.05) is 19.9 Å². The molecule has 6 nitrogen and oxygen atoms in total. The van der Waals surface area contributed by atoms with Crippen LogP contribution in [0.15, 0.2) is 12.3 Å². The lowest BCUT2D eigenvalue weighted by molar-refractivity contribution is -0.129. The summed E-state index contributed by atoms with van der Waals surface area (Å²) in [6, 6.07) is 3.48. The van der Waals surface area contributed by atoms with Crippen LogP contribution in [0.2, 0.25) is 0 Å². The molecule has 0 aromatic carbocycles. The van der Waals surface area contributed by atoms with Gasteiger partial charge in [-0.3, -0.25) is 4.79 Å². The minimum atomic E-state index is 0.0217. The van der Waals surface area contributed by atoms with Gasteiger partial charge in [0.15, 0.2) is 0 Å². The lowest BCUT2D eigenvalue weighted by Crippen LogP contribution is -2.39. The van der Waals surface area contributed by atoms with E-state index in [2.05, 4.69) is 9.97 Å². The molecular weight excluding hydrogens is 230 g/mol. The van der Waals surface area contributed by atoms with E-state index in [0.717, 1.165) is 0 Å². The van der Waals surface area contributed by atoms with Gasteiger partial charge in [0.2, 0.25) is 11.9 Å². The third kappa shape index (κ3) is 3.42. The molecule has 0 saturated heterocycles. The Balaban J connectivity index is 2.73. The van der Waals surface area contributed by atoms with Crippen molar-refractivity contribution in [1.29, 1.82) is 5.26 Å². The predicted molar refractivity (Wildman–Crippen MR) is 67.9 cm³/mol. The highest BCUT2D eigenvalue weighted by Crippen LogP contribution is 2.05. The number of amides is 1. The van der Waals surface area contributed by atoms with Gasteiger partial charge in [-0.05, 0) is 19.9 Å². The smallest absolute Gasteiger partial charge is 0.242 e. The Morgan fingerprint density at radius 2 is 2.11 bits per heavy atom. The van der Waals surface area contributed by atoms with Gasteiger partial charge in [-0.1, -0.05) is 0 Å². The van der Waals surface area contributed by atoms with Crippen LogP contribution in [0.25, 0.3) is 0 Å². The van der Waals surface area contributed by atoms with Gasteiger partial charge < -0.3 is 9.80 Å². The molecule has 0 bridgehead atoms. The summed E-state index contributed by atoms with van der Waals surface area (Å²) < 4.78 is 0. The SMILES string of the molecule is CCN(CC)C(=O)CN(C)c1nccc(C#N)n1. The first-order chi connectivity index (χ1) is 8.62. The second-order valence-electron chi connectivity index (χ2n) is 3.78. The lowest BCUT2D eigenvalue weighted by Gasteiger charge is -2.23. The van der Waals surface area contributed by atoms with Crippen molar-refractivity contribution in [2.75, 3.05) is 31.6 Å². The van der Waals surface area contributed by atoms with Gasteiger partial charge in [-0.25, -0.2) is 9.97 Å². The number of aromatic nitrogens is 2. The lowest BCUT2D eigenvalue weighted by atomic mass is 10.4. The molecule has 96 valence electrons. The van der Waals surface area contributed by atoms with E-state index in [0.29, 0.717) is 24.7 Å². The molecule has 0 aliphatic carbocycles. The second-order valence-corrected chi connectivity index (χ2v) is 3.78. The van der Waals surface area contributed by atoms with Crippen molar-refractivity contribution in [3.63, 3.8) is 0 Å². The molecule has 0 N–H and O–H groups in total. The summed E-state index contributed by atoms with van der Waals surface area (Å²) in [5, 5.41) is 8.76. The molecule has 18 heavy (non-hydrogen) atoms. The van der Waals surface area contributed by atoms with Crippen molar-refractivity contribution in [3.8, 4) is 6.07 Å². The Bertz CT molecular complexity index is 450. The third-order valence-electron chi connectivity index (χ3n) is 2.59. The number of carbonyl (C=O) groups is 1. The van der Waals surface area contributed by atoms with Crippen LogP contribution in [0.1, 0.15) is 19.5 Å². The first-order valence-electron chi connectivity index (χ1n) is 5.84. The maximum atomic E-state index is 11.9. The Kier molecular flexibility index (Phi) is 5.06. The summed E-state index contributed by atoms with van der Waals surface area (Å²) in [4.78, 5) is 23.4. The first kappa shape index (κ1) is 13.9. The first-order valence-corrected chi connectivity index (χ1v) is 5.84. The van der Waals surface area contributed by atoms with E-state index in [1.54, 1.807) is 16.8 Å². The largest absolute Gasteiger partial charge is 0.342 e. The van der Waals surface area contributed by atoms with Gasteiger partial charge in [-0.15, -0.1) is 0 Å². The summed E-state index contributed by atoms with van der Waals surface area (Å²) in [7, 11) is 1.73. The molecule has 0 fully saturated rings. The van der Waals surface area contributed by atoms with E-state index < -0.39 is 0 Å². The molecular formula is C12H17N5O. The van der Waals surface area contributed by atoms with Gasteiger partial charge in [0.1, 0.15) is 11.8 Å².